The van der Waals surface area contributed by atoms with Gasteiger partial charge in [0.15, 0.2) is 6.10 Å². The molecule has 6 heteroatoms. The van der Waals surface area contributed by atoms with Crippen LogP contribution < -0.4 is 20.7 Å². The van der Waals surface area contributed by atoms with E-state index in [4.69, 9.17) is 4.74 Å². The maximum absolute atomic E-state index is 12.2. The van der Waals surface area contributed by atoms with Crippen molar-refractivity contribution in [2.45, 2.75) is 38.3 Å². The van der Waals surface area contributed by atoms with E-state index in [1.54, 1.807) is 25.1 Å². The molecule has 2 aliphatic heterocycles. The Morgan fingerprint density at radius 2 is 2.24 bits per heavy atom. The molecule has 0 aromatic heterocycles. The zero-order chi connectivity index (χ0) is 14.8. The second kappa shape index (κ2) is 5.73. The molecule has 0 saturated carbocycles. The molecule has 6 nitrogen and oxygen atoms in total. The lowest BCUT2D eigenvalue weighted by Gasteiger charge is -2.25. The Morgan fingerprint density at radius 1 is 1.38 bits per heavy atom. The first-order valence-corrected chi connectivity index (χ1v) is 7.29. The van der Waals surface area contributed by atoms with Crippen LogP contribution in [0.4, 0.5) is 11.4 Å². The Labute approximate surface area is 123 Å². The summed E-state index contributed by atoms with van der Waals surface area (Å²) in [6.45, 7) is 2.58. The van der Waals surface area contributed by atoms with E-state index in [1.165, 1.54) is 0 Å². The second-order valence-electron chi connectivity index (χ2n) is 5.45. The summed E-state index contributed by atoms with van der Waals surface area (Å²) >= 11 is 0. The molecular weight excluding hydrogens is 270 g/mol. The minimum absolute atomic E-state index is 0.0360. The van der Waals surface area contributed by atoms with Crippen molar-refractivity contribution in [2.24, 2.45) is 0 Å². The zero-order valence-electron chi connectivity index (χ0n) is 11.9. The third kappa shape index (κ3) is 3.00. The molecule has 2 amide bonds. The highest BCUT2D eigenvalue weighted by Crippen LogP contribution is 2.32. The Hall–Kier alpha value is -2.08. The van der Waals surface area contributed by atoms with E-state index in [0.717, 1.165) is 25.8 Å². The molecule has 112 valence electrons. The lowest BCUT2D eigenvalue weighted by Crippen LogP contribution is -2.43. The fourth-order valence-electron chi connectivity index (χ4n) is 2.59. The van der Waals surface area contributed by atoms with E-state index in [9.17, 15) is 9.59 Å². The number of ether oxygens (including phenoxy) is 1. The molecule has 1 aromatic rings. The van der Waals surface area contributed by atoms with Gasteiger partial charge in [-0.05, 0) is 44.5 Å². The minimum Gasteiger partial charge on any atom is -0.479 e. The fraction of sp³-hybridized carbons (Fsp3) is 0.467. The van der Waals surface area contributed by atoms with E-state index >= 15 is 0 Å². The number of hydrogen-bond donors (Lipinski definition) is 3. The predicted molar refractivity (Wildman–Crippen MR) is 79.4 cm³/mol. The lowest BCUT2D eigenvalue weighted by molar-refractivity contribution is -0.122. The summed E-state index contributed by atoms with van der Waals surface area (Å²) in [7, 11) is 0. The molecule has 3 rings (SSSR count). The summed E-state index contributed by atoms with van der Waals surface area (Å²) in [6.07, 6.45) is 2.54. The van der Waals surface area contributed by atoms with Gasteiger partial charge in [-0.15, -0.1) is 0 Å². The Balaban J connectivity index is 1.70. The molecule has 1 fully saturated rings. The molecule has 2 unspecified atom stereocenters. The standard InChI is InChI=1S/C15H19N3O3/c1-9-14(19)18-12-8-10(5-6-13(12)21-9)17-15(20)11-4-2-3-7-16-11/h5-6,8-9,11,16H,2-4,7H2,1H3,(H,17,20)(H,18,19). The van der Waals surface area contributed by atoms with E-state index in [-0.39, 0.29) is 17.9 Å². The molecule has 3 N–H and O–H groups in total. The Bertz CT molecular complexity index is 567. The average molecular weight is 289 g/mol. The molecule has 0 aliphatic carbocycles. The first-order chi connectivity index (χ1) is 10.1. The molecule has 21 heavy (non-hydrogen) atoms. The zero-order valence-corrected chi connectivity index (χ0v) is 11.9. The van der Waals surface area contributed by atoms with Gasteiger partial charge in [-0.3, -0.25) is 9.59 Å². The Morgan fingerprint density at radius 3 is 3.00 bits per heavy atom. The maximum atomic E-state index is 12.2. The SMILES string of the molecule is CC1Oc2ccc(NC(=O)C3CCCCN3)cc2NC1=O. The average Bonchev–Trinajstić information content (AvgIpc) is 2.49. The van der Waals surface area contributed by atoms with Gasteiger partial charge in [0.25, 0.3) is 5.91 Å². The predicted octanol–water partition coefficient (Wildman–Crippen LogP) is 1.49. The first kappa shape index (κ1) is 13.9. The van der Waals surface area contributed by atoms with Gasteiger partial charge in [0.05, 0.1) is 11.7 Å². The van der Waals surface area contributed by atoms with E-state index in [1.807, 2.05) is 0 Å². The number of amides is 2. The van der Waals surface area contributed by atoms with Gasteiger partial charge in [-0.1, -0.05) is 6.42 Å². The molecule has 2 heterocycles. The Kier molecular flexibility index (Phi) is 3.79. The number of hydrogen-bond acceptors (Lipinski definition) is 4. The highest BCUT2D eigenvalue weighted by molar-refractivity contribution is 6.00. The van der Waals surface area contributed by atoms with Gasteiger partial charge >= 0.3 is 0 Å². The third-order valence-electron chi connectivity index (χ3n) is 3.80. The molecule has 1 saturated heterocycles. The van der Waals surface area contributed by atoms with Gasteiger partial charge in [-0.2, -0.15) is 0 Å². The molecule has 2 aliphatic rings. The first-order valence-electron chi connectivity index (χ1n) is 7.29. The van der Waals surface area contributed by atoms with E-state index < -0.39 is 6.10 Å². The van der Waals surface area contributed by atoms with Gasteiger partial charge < -0.3 is 20.7 Å². The summed E-state index contributed by atoms with van der Waals surface area (Å²) in [5.74, 6) is 0.405. The van der Waals surface area contributed by atoms with Crippen molar-refractivity contribution in [3.8, 4) is 5.75 Å². The van der Waals surface area contributed by atoms with Crippen molar-refractivity contribution in [1.82, 2.24) is 5.32 Å². The van der Waals surface area contributed by atoms with Gasteiger partial charge in [0.2, 0.25) is 5.91 Å². The van der Waals surface area contributed by atoms with Crippen molar-refractivity contribution in [2.75, 3.05) is 17.2 Å². The fourth-order valence-corrected chi connectivity index (χ4v) is 2.59. The van der Waals surface area contributed by atoms with Crippen LogP contribution in [0.2, 0.25) is 0 Å². The molecule has 0 bridgehead atoms. The van der Waals surface area contributed by atoms with E-state index in [2.05, 4.69) is 16.0 Å². The molecular formula is C15H19N3O3. The highest BCUT2D eigenvalue weighted by Gasteiger charge is 2.24. The monoisotopic (exact) mass is 289 g/mol. The van der Waals surface area contributed by atoms with Gasteiger partial charge in [-0.25, -0.2) is 0 Å². The van der Waals surface area contributed by atoms with Crippen LogP contribution in [0.25, 0.3) is 0 Å². The number of carbonyl (C=O) groups excluding carboxylic acids is 2. The lowest BCUT2D eigenvalue weighted by atomic mass is 10.0. The summed E-state index contributed by atoms with van der Waals surface area (Å²) < 4.78 is 5.48. The van der Waals surface area contributed by atoms with Crippen LogP contribution >= 0.6 is 0 Å². The summed E-state index contributed by atoms with van der Waals surface area (Å²) in [5, 5.41) is 8.86. The molecule has 0 spiro atoms. The van der Waals surface area contributed by atoms with Gasteiger partial charge in [0, 0.05) is 5.69 Å². The smallest absolute Gasteiger partial charge is 0.265 e. The third-order valence-corrected chi connectivity index (χ3v) is 3.80. The maximum Gasteiger partial charge on any atom is 0.265 e. The summed E-state index contributed by atoms with van der Waals surface area (Å²) in [6, 6.07) is 5.12. The minimum atomic E-state index is -0.496. The number of piperidine rings is 1. The van der Waals surface area contributed by atoms with Crippen LogP contribution in [0.3, 0.4) is 0 Å². The largest absolute Gasteiger partial charge is 0.479 e. The second-order valence-corrected chi connectivity index (χ2v) is 5.45. The van der Waals surface area contributed by atoms with Crippen LogP contribution in [0.15, 0.2) is 18.2 Å². The number of benzene rings is 1. The van der Waals surface area contributed by atoms with E-state index in [0.29, 0.717) is 17.1 Å². The van der Waals surface area contributed by atoms with Crippen LogP contribution in [0.1, 0.15) is 26.2 Å². The quantitative estimate of drug-likeness (QED) is 0.770. The van der Waals surface area contributed by atoms with Crippen LogP contribution in [0.5, 0.6) is 5.75 Å². The number of nitrogens with one attached hydrogen (secondary N) is 3. The topological polar surface area (TPSA) is 79.5 Å². The van der Waals surface area contributed by atoms with Crippen molar-refractivity contribution >= 4 is 23.2 Å². The summed E-state index contributed by atoms with van der Waals surface area (Å²) in [5.41, 5.74) is 1.25. The summed E-state index contributed by atoms with van der Waals surface area (Å²) in [4.78, 5) is 23.8. The van der Waals surface area contributed by atoms with Gasteiger partial charge in [0.1, 0.15) is 5.75 Å². The van der Waals surface area contributed by atoms with Crippen LogP contribution in [0, 0.1) is 0 Å². The van der Waals surface area contributed by atoms with Crippen molar-refractivity contribution in [3.05, 3.63) is 18.2 Å². The van der Waals surface area contributed by atoms with Crippen molar-refractivity contribution < 1.29 is 14.3 Å². The number of anilines is 2. The van der Waals surface area contributed by atoms with Crippen molar-refractivity contribution in [3.63, 3.8) is 0 Å². The van der Waals surface area contributed by atoms with Crippen LogP contribution in [-0.2, 0) is 9.59 Å². The normalized spacial score (nSPS) is 24.5. The number of fused-ring (bicyclic) bond motifs is 1. The van der Waals surface area contributed by atoms with Crippen LogP contribution in [-0.4, -0.2) is 30.5 Å². The number of carbonyl (C=O) groups is 2. The number of rotatable bonds is 2. The molecule has 2 atom stereocenters. The molecule has 1 aromatic carbocycles. The highest BCUT2D eigenvalue weighted by atomic mass is 16.5. The molecule has 0 radical (unpaired) electrons. The van der Waals surface area contributed by atoms with Crippen molar-refractivity contribution in [1.29, 1.82) is 0 Å².